The summed E-state index contributed by atoms with van der Waals surface area (Å²) in [6.07, 6.45) is 0.376. The molecule has 0 radical (unpaired) electrons. The van der Waals surface area contributed by atoms with Crippen LogP contribution in [-0.4, -0.2) is 24.6 Å². The molecule has 2 rings (SSSR count). The van der Waals surface area contributed by atoms with E-state index in [-0.39, 0.29) is 6.61 Å². The molecule has 0 saturated carbocycles. The van der Waals surface area contributed by atoms with E-state index in [0.29, 0.717) is 12.1 Å². The number of benzene rings is 2. The Morgan fingerprint density at radius 2 is 1.83 bits per heavy atom. The molecule has 5 nitrogen and oxygen atoms in total. The second-order valence-electron chi connectivity index (χ2n) is 5.46. The molecule has 2 amide bonds. The highest BCUT2D eigenvalue weighted by atomic mass is 16.5. The van der Waals surface area contributed by atoms with Gasteiger partial charge in [0.15, 0.2) is 0 Å². The predicted molar refractivity (Wildman–Crippen MR) is 93.9 cm³/mol. The van der Waals surface area contributed by atoms with Gasteiger partial charge in [-0.05, 0) is 37.1 Å². The summed E-state index contributed by atoms with van der Waals surface area (Å²) in [5.74, 6) is -0.444. The quantitative estimate of drug-likeness (QED) is 0.801. The van der Waals surface area contributed by atoms with Crippen molar-refractivity contribution in [2.24, 2.45) is 0 Å². The van der Waals surface area contributed by atoms with Crippen molar-refractivity contribution in [2.45, 2.75) is 26.3 Å². The van der Waals surface area contributed by atoms with Crippen LogP contribution in [0.25, 0.3) is 0 Å². The van der Waals surface area contributed by atoms with Gasteiger partial charge in [-0.3, -0.25) is 0 Å². The first-order valence-corrected chi connectivity index (χ1v) is 7.93. The minimum atomic E-state index is -0.739. The fourth-order valence-corrected chi connectivity index (χ4v) is 2.33. The van der Waals surface area contributed by atoms with Crippen molar-refractivity contribution in [1.29, 1.82) is 0 Å². The predicted octanol–water partition coefficient (Wildman–Crippen LogP) is 3.29. The average molecular weight is 326 g/mol. The summed E-state index contributed by atoms with van der Waals surface area (Å²) in [7, 11) is 0. The van der Waals surface area contributed by atoms with Crippen LogP contribution in [0, 0.1) is 6.92 Å². The zero-order chi connectivity index (χ0) is 17.4. The number of anilines is 1. The Morgan fingerprint density at radius 3 is 2.50 bits per heavy atom. The number of urea groups is 1. The van der Waals surface area contributed by atoms with Crippen LogP contribution in [-0.2, 0) is 16.0 Å². The highest BCUT2D eigenvalue weighted by molar-refractivity contribution is 5.92. The van der Waals surface area contributed by atoms with Gasteiger partial charge in [0.1, 0.15) is 6.04 Å². The molecule has 5 heteroatoms. The Kier molecular flexibility index (Phi) is 6.37. The third kappa shape index (κ3) is 5.43. The molecular weight excluding hydrogens is 304 g/mol. The Balaban J connectivity index is 2.03. The summed E-state index contributed by atoms with van der Waals surface area (Å²) in [6.45, 7) is 3.95. The van der Waals surface area contributed by atoms with E-state index in [9.17, 15) is 9.59 Å². The van der Waals surface area contributed by atoms with Crippen LogP contribution in [0.1, 0.15) is 18.1 Å². The molecule has 0 spiro atoms. The van der Waals surface area contributed by atoms with Crippen molar-refractivity contribution in [3.8, 4) is 0 Å². The molecule has 0 aliphatic heterocycles. The number of aryl methyl sites for hydroxylation is 1. The minimum absolute atomic E-state index is 0.269. The van der Waals surface area contributed by atoms with Gasteiger partial charge in [-0.15, -0.1) is 0 Å². The molecule has 0 aliphatic rings. The molecule has 1 unspecified atom stereocenters. The fourth-order valence-electron chi connectivity index (χ4n) is 2.33. The van der Waals surface area contributed by atoms with Crippen molar-refractivity contribution < 1.29 is 14.3 Å². The van der Waals surface area contributed by atoms with Gasteiger partial charge in [0.25, 0.3) is 0 Å². The summed E-state index contributed by atoms with van der Waals surface area (Å²) in [4.78, 5) is 24.3. The monoisotopic (exact) mass is 326 g/mol. The van der Waals surface area contributed by atoms with Crippen LogP contribution in [0.4, 0.5) is 10.5 Å². The lowest BCUT2D eigenvalue weighted by atomic mass is 10.1. The van der Waals surface area contributed by atoms with Gasteiger partial charge in [-0.25, -0.2) is 9.59 Å². The molecule has 0 bridgehead atoms. The van der Waals surface area contributed by atoms with Gasteiger partial charge in [0, 0.05) is 12.1 Å². The maximum Gasteiger partial charge on any atom is 0.329 e. The van der Waals surface area contributed by atoms with Crippen molar-refractivity contribution in [3.63, 3.8) is 0 Å². The van der Waals surface area contributed by atoms with Gasteiger partial charge in [0.05, 0.1) is 6.61 Å². The zero-order valence-electron chi connectivity index (χ0n) is 13.9. The van der Waals surface area contributed by atoms with Crippen LogP contribution >= 0.6 is 0 Å². The van der Waals surface area contributed by atoms with Crippen molar-refractivity contribution >= 4 is 17.7 Å². The summed E-state index contributed by atoms with van der Waals surface area (Å²) in [5.41, 5.74) is 2.67. The average Bonchev–Trinajstić information content (AvgIpc) is 2.55. The van der Waals surface area contributed by atoms with Crippen LogP contribution in [0.3, 0.4) is 0 Å². The number of hydrogen-bond acceptors (Lipinski definition) is 3. The first-order valence-electron chi connectivity index (χ1n) is 7.93. The van der Waals surface area contributed by atoms with Crippen LogP contribution in [0.2, 0.25) is 0 Å². The number of hydrogen-bond donors (Lipinski definition) is 2. The van der Waals surface area contributed by atoms with Crippen molar-refractivity contribution in [1.82, 2.24) is 5.32 Å². The molecule has 2 aromatic rings. The van der Waals surface area contributed by atoms with Gasteiger partial charge in [0.2, 0.25) is 0 Å². The molecule has 0 fully saturated rings. The van der Waals surface area contributed by atoms with E-state index in [0.717, 1.165) is 11.1 Å². The number of nitrogens with one attached hydrogen (secondary N) is 2. The molecule has 2 N–H and O–H groups in total. The third-order valence-corrected chi connectivity index (χ3v) is 3.44. The van der Waals surface area contributed by atoms with E-state index < -0.39 is 18.0 Å². The lowest BCUT2D eigenvalue weighted by molar-refractivity contribution is -0.145. The molecule has 0 aromatic heterocycles. The highest BCUT2D eigenvalue weighted by Gasteiger charge is 2.22. The maximum atomic E-state index is 12.2. The van der Waals surface area contributed by atoms with E-state index >= 15 is 0 Å². The van der Waals surface area contributed by atoms with E-state index in [4.69, 9.17) is 4.74 Å². The second kappa shape index (κ2) is 8.72. The summed E-state index contributed by atoms with van der Waals surface area (Å²) >= 11 is 0. The topological polar surface area (TPSA) is 67.4 Å². The molecule has 0 saturated heterocycles. The van der Waals surface area contributed by atoms with E-state index in [1.165, 1.54) is 0 Å². The molecule has 2 aromatic carbocycles. The number of ether oxygens (including phenoxy) is 1. The van der Waals surface area contributed by atoms with Crippen molar-refractivity contribution in [2.75, 3.05) is 11.9 Å². The second-order valence-corrected chi connectivity index (χ2v) is 5.46. The Bertz CT molecular complexity index is 686. The minimum Gasteiger partial charge on any atom is -0.464 e. The first-order chi connectivity index (χ1) is 11.6. The number of amides is 2. The number of rotatable bonds is 6. The SMILES string of the molecule is CCOC(=O)C(Cc1ccccc1)NC(=O)Nc1cccc(C)c1. The van der Waals surface area contributed by atoms with Crippen LogP contribution in [0.5, 0.6) is 0 Å². The van der Waals surface area contributed by atoms with E-state index in [2.05, 4.69) is 10.6 Å². The van der Waals surface area contributed by atoms with Gasteiger partial charge < -0.3 is 15.4 Å². The number of carbonyl (C=O) groups is 2. The largest absolute Gasteiger partial charge is 0.464 e. The summed E-state index contributed by atoms with van der Waals surface area (Å²) < 4.78 is 5.07. The Labute approximate surface area is 142 Å². The number of carbonyl (C=O) groups excluding carboxylic acids is 2. The molecule has 0 aliphatic carbocycles. The fraction of sp³-hybridized carbons (Fsp3) is 0.263. The lowest BCUT2D eigenvalue weighted by Gasteiger charge is -2.18. The summed E-state index contributed by atoms with van der Waals surface area (Å²) in [6, 6.07) is 15.8. The highest BCUT2D eigenvalue weighted by Crippen LogP contribution is 2.10. The summed E-state index contributed by atoms with van der Waals surface area (Å²) in [5, 5.41) is 5.43. The molecule has 126 valence electrons. The van der Waals surface area contributed by atoms with Gasteiger partial charge in [-0.1, -0.05) is 42.5 Å². The molecular formula is C19H22N2O3. The standard InChI is InChI=1S/C19H22N2O3/c1-3-24-18(22)17(13-15-9-5-4-6-10-15)21-19(23)20-16-11-7-8-14(2)12-16/h4-12,17H,3,13H2,1-2H3,(H2,20,21,23). The van der Waals surface area contributed by atoms with Crippen LogP contribution in [0.15, 0.2) is 54.6 Å². The third-order valence-electron chi connectivity index (χ3n) is 3.44. The smallest absolute Gasteiger partial charge is 0.329 e. The van der Waals surface area contributed by atoms with Crippen molar-refractivity contribution in [3.05, 3.63) is 65.7 Å². The van der Waals surface area contributed by atoms with E-state index in [1.807, 2.05) is 55.5 Å². The number of esters is 1. The van der Waals surface area contributed by atoms with Crippen LogP contribution < -0.4 is 10.6 Å². The Hall–Kier alpha value is -2.82. The normalized spacial score (nSPS) is 11.4. The molecule has 0 heterocycles. The van der Waals surface area contributed by atoms with Gasteiger partial charge in [-0.2, -0.15) is 0 Å². The maximum absolute atomic E-state index is 12.2. The lowest BCUT2D eigenvalue weighted by Crippen LogP contribution is -2.45. The van der Waals surface area contributed by atoms with E-state index in [1.54, 1.807) is 13.0 Å². The molecule has 24 heavy (non-hydrogen) atoms. The molecule has 1 atom stereocenters. The first kappa shape index (κ1) is 17.5. The zero-order valence-corrected chi connectivity index (χ0v) is 13.9. The Morgan fingerprint density at radius 1 is 1.08 bits per heavy atom. The van der Waals surface area contributed by atoms with Gasteiger partial charge >= 0.3 is 12.0 Å².